The summed E-state index contributed by atoms with van der Waals surface area (Å²) in [7, 11) is 0. The summed E-state index contributed by atoms with van der Waals surface area (Å²) in [4.78, 5) is 0. The summed E-state index contributed by atoms with van der Waals surface area (Å²) in [6.07, 6.45) is 0.952. The summed E-state index contributed by atoms with van der Waals surface area (Å²) in [6.45, 7) is 4.54. The molecule has 0 saturated heterocycles. The molecule has 0 saturated carbocycles. The van der Waals surface area contributed by atoms with Crippen molar-refractivity contribution in [2.75, 3.05) is 12.1 Å². The van der Waals surface area contributed by atoms with E-state index >= 15 is 0 Å². The monoisotopic (exact) mass is 328 g/mol. The van der Waals surface area contributed by atoms with Crippen LogP contribution in [0.5, 0.6) is 11.5 Å². The molecule has 1 unspecified atom stereocenters. The predicted molar refractivity (Wildman–Crippen MR) is 96.1 cm³/mol. The van der Waals surface area contributed by atoms with Gasteiger partial charge in [-0.1, -0.05) is 31.2 Å². The van der Waals surface area contributed by atoms with Crippen LogP contribution in [0.3, 0.4) is 0 Å². The van der Waals surface area contributed by atoms with Gasteiger partial charge in [0.25, 0.3) is 0 Å². The Bertz CT molecular complexity index is 718. The van der Waals surface area contributed by atoms with E-state index in [1.807, 2.05) is 18.2 Å². The summed E-state index contributed by atoms with van der Waals surface area (Å²) < 4.78 is 10.7. The molecule has 2 aromatic rings. The maximum atomic E-state index is 5.46. The molecule has 1 aliphatic rings. The van der Waals surface area contributed by atoms with Crippen molar-refractivity contribution in [2.24, 2.45) is 0 Å². The van der Waals surface area contributed by atoms with E-state index in [2.05, 4.69) is 48.7 Å². The minimum Gasteiger partial charge on any atom is -0.454 e. The summed E-state index contributed by atoms with van der Waals surface area (Å²) in [5.74, 6) is 1.50. The second kappa shape index (κ2) is 6.87. The van der Waals surface area contributed by atoms with Gasteiger partial charge in [-0.2, -0.15) is 0 Å². The first-order chi connectivity index (χ1) is 11.2. The van der Waals surface area contributed by atoms with Crippen molar-refractivity contribution in [3.8, 4) is 11.5 Å². The molecule has 1 heterocycles. The van der Waals surface area contributed by atoms with E-state index in [1.54, 1.807) is 0 Å². The van der Waals surface area contributed by atoms with Crippen LogP contribution in [-0.2, 0) is 0 Å². The second-order valence-electron chi connectivity index (χ2n) is 5.48. The van der Waals surface area contributed by atoms with Crippen molar-refractivity contribution in [2.45, 2.75) is 26.3 Å². The Balaban J connectivity index is 1.67. The average Bonchev–Trinajstić information content (AvgIpc) is 3.01. The highest BCUT2D eigenvalue weighted by molar-refractivity contribution is 7.80. The third-order valence-electron chi connectivity index (χ3n) is 3.91. The van der Waals surface area contributed by atoms with E-state index in [1.165, 1.54) is 11.1 Å². The van der Waals surface area contributed by atoms with Crippen LogP contribution in [0, 0.1) is 6.92 Å². The largest absolute Gasteiger partial charge is 0.454 e. The minimum atomic E-state index is 0.185. The van der Waals surface area contributed by atoms with E-state index in [9.17, 15) is 0 Å². The van der Waals surface area contributed by atoms with E-state index in [-0.39, 0.29) is 12.8 Å². The molecule has 4 nitrogen and oxygen atoms in total. The number of rotatable bonds is 4. The van der Waals surface area contributed by atoms with Gasteiger partial charge in [0, 0.05) is 11.8 Å². The fourth-order valence-corrected chi connectivity index (χ4v) is 2.94. The summed E-state index contributed by atoms with van der Waals surface area (Å²) in [5, 5.41) is 7.19. The van der Waals surface area contributed by atoms with Crippen LogP contribution in [0.1, 0.15) is 30.5 Å². The normalized spacial score (nSPS) is 13.5. The predicted octanol–water partition coefficient (Wildman–Crippen LogP) is 4.16. The Morgan fingerprint density at radius 2 is 1.96 bits per heavy atom. The first-order valence-corrected chi connectivity index (χ1v) is 8.11. The quantitative estimate of drug-likeness (QED) is 0.825. The number of nitrogens with one attached hydrogen (secondary N) is 2. The van der Waals surface area contributed by atoms with Gasteiger partial charge in [0.05, 0.1) is 6.04 Å². The smallest absolute Gasteiger partial charge is 0.231 e. The number of hydrogen-bond donors (Lipinski definition) is 2. The highest BCUT2D eigenvalue weighted by Crippen LogP contribution is 2.34. The van der Waals surface area contributed by atoms with Gasteiger partial charge in [0.1, 0.15) is 0 Å². The van der Waals surface area contributed by atoms with Gasteiger partial charge in [-0.15, -0.1) is 0 Å². The number of benzene rings is 2. The third kappa shape index (κ3) is 3.56. The van der Waals surface area contributed by atoms with Gasteiger partial charge >= 0.3 is 0 Å². The number of aryl methyl sites for hydroxylation is 1. The molecule has 1 aliphatic heterocycles. The van der Waals surface area contributed by atoms with Crippen molar-refractivity contribution in [1.29, 1.82) is 0 Å². The number of anilines is 1. The number of thiocarbonyl (C=S) groups is 1. The second-order valence-corrected chi connectivity index (χ2v) is 5.89. The van der Waals surface area contributed by atoms with Crippen molar-refractivity contribution < 1.29 is 9.47 Å². The molecule has 23 heavy (non-hydrogen) atoms. The number of ether oxygens (including phenoxy) is 2. The lowest BCUT2D eigenvalue weighted by Crippen LogP contribution is -2.32. The summed E-state index contributed by atoms with van der Waals surface area (Å²) in [5.41, 5.74) is 3.41. The lowest BCUT2D eigenvalue weighted by atomic mass is 10.00. The van der Waals surface area contributed by atoms with Crippen LogP contribution in [0.2, 0.25) is 0 Å². The standard InChI is InChI=1S/C18H20N2O2S/c1-3-15(14-7-5-4-6-12(14)2)20-18(23)19-13-8-9-16-17(10-13)22-11-21-16/h4-10,15H,3,11H2,1-2H3,(H2,19,20,23). The van der Waals surface area contributed by atoms with E-state index in [0.717, 1.165) is 23.6 Å². The average molecular weight is 328 g/mol. The highest BCUT2D eigenvalue weighted by Gasteiger charge is 2.15. The topological polar surface area (TPSA) is 42.5 Å². The molecule has 2 aromatic carbocycles. The lowest BCUT2D eigenvalue weighted by molar-refractivity contribution is 0.174. The van der Waals surface area contributed by atoms with Crippen molar-refractivity contribution in [3.05, 3.63) is 53.6 Å². The highest BCUT2D eigenvalue weighted by atomic mass is 32.1. The molecule has 1 atom stereocenters. The molecule has 0 amide bonds. The van der Waals surface area contributed by atoms with Crippen LogP contribution < -0.4 is 20.1 Å². The van der Waals surface area contributed by atoms with E-state index < -0.39 is 0 Å². The lowest BCUT2D eigenvalue weighted by Gasteiger charge is -2.21. The maximum Gasteiger partial charge on any atom is 0.231 e. The van der Waals surface area contributed by atoms with Gasteiger partial charge < -0.3 is 20.1 Å². The molecule has 3 rings (SSSR count). The molecule has 0 radical (unpaired) electrons. The maximum absolute atomic E-state index is 5.46. The molecule has 120 valence electrons. The first kappa shape index (κ1) is 15.6. The summed E-state index contributed by atoms with van der Waals surface area (Å²) in [6, 6.07) is 14.3. The zero-order valence-corrected chi connectivity index (χ0v) is 14.1. The molecule has 0 spiro atoms. The molecular formula is C18H20N2O2S. The molecule has 0 bridgehead atoms. The zero-order chi connectivity index (χ0) is 16.2. The SMILES string of the molecule is CCC(NC(=S)Nc1ccc2c(c1)OCO2)c1ccccc1C. The Morgan fingerprint density at radius 3 is 2.74 bits per heavy atom. The van der Waals surface area contributed by atoms with Gasteiger partial charge in [-0.05, 0) is 48.8 Å². The molecule has 0 aromatic heterocycles. The van der Waals surface area contributed by atoms with Crippen molar-refractivity contribution in [3.63, 3.8) is 0 Å². The third-order valence-corrected chi connectivity index (χ3v) is 4.13. The zero-order valence-electron chi connectivity index (χ0n) is 13.3. The minimum absolute atomic E-state index is 0.185. The Kier molecular flexibility index (Phi) is 4.67. The molecule has 2 N–H and O–H groups in total. The molecule has 0 aliphatic carbocycles. The molecule has 5 heteroatoms. The Morgan fingerprint density at radius 1 is 1.17 bits per heavy atom. The van der Waals surface area contributed by atoms with Crippen molar-refractivity contribution >= 4 is 23.0 Å². The van der Waals surface area contributed by atoms with Crippen LogP contribution in [0.4, 0.5) is 5.69 Å². The molecular weight excluding hydrogens is 308 g/mol. The van der Waals surface area contributed by atoms with Gasteiger partial charge in [-0.3, -0.25) is 0 Å². The summed E-state index contributed by atoms with van der Waals surface area (Å²) >= 11 is 5.46. The van der Waals surface area contributed by atoms with Gasteiger partial charge in [0.15, 0.2) is 16.6 Å². The fourth-order valence-electron chi connectivity index (χ4n) is 2.68. The van der Waals surface area contributed by atoms with Crippen LogP contribution in [0.25, 0.3) is 0 Å². The molecule has 0 fully saturated rings. The van der Waals surface area contributed by atoms with Crippen LogP contribution >= 0.6 is 12.2 Å². The first-order valence-electron chi connectivity index (χ1n) is 7.70. The Labute approximate surface area is 141 Å². The fraction of sp³-hybridized carbons (Fsp3) is 0.278. The van der Waals surface area contributed by atoms with Crippen LogP contribution in [-0.4, -0.2) is 11.9 Å². The Hall–Kier alpha value is -2.27. The van der Waals surface area contributed by atoms with Gasteiger partial charge in [0.2, 0.25) is 6.79 Å². The van der Waals surface area contributed by atoms with Crippen molar-refractivity contribution in [1.82, 2.24) is 5.32 Å². The number of fused-ring (bicyclic) bond motifs is 1. The number of hydrogen-bond acceptors (Lipinski definition) is 3. The van der Waals surface area contributed by atoms with Crippen LogP contribution in [0.15, 0.2) is 42.5 Å². The van der Waals surface area contributed by atoms with Gasteiger partial charge in [-0.25, -0.2) is 0 Å². The van der Waals surface area contributed by atoms with E-state index in [0.29, 0.717) is 5.11 Å². The van der Waals surface area contributed by atoms with E-state index in [4.69, 9.17) is 21.7 Å².